The Morgan fingerprint density at radius 1 is 1.00 bits per heavy atom. The van der Waals surface area contributed by atoms with Gasteiger partial charge >= 0.3 is 0 Å². The van der Waals surface area contributed by atoms with Crippen LogP contribution in [-0.2, 0) is 9.47 Å². The minimum absolute atomic E-state index is 0.157. The fourth-order valence-electron chi connectivity index (χ4n) is 1.97. The molecule has 0 aliphatic rings. The number of methoxy groups -OCH3 is 2. The van der Waals surface area contributed by atoms with Crippen LogP contribution < -0.4 is 14.9 Å². The Balaban J connectivity index is 2.14. The van der Waals surface area contributed by atoms with Crippen molar-refractivity contribution in [1.82, 2.24) is 0 Å². The lowest BCUT2D eigenvalue weighted by Crippen LogP contribution is -2.04. The van der Waals surface area contributed by atoms with E-state index in [1.807, 2.05) is 37.3 Å². The average molecular weight is 330 g/mol. The Morgan fingerprint density at radius 3 is 2.50 bits per heavy atom. The SMILES string of the molecule is COCOc1ccc(OCOC)c(/C=N/Nc2ccccc2C)c1. The summed E-state index contributed by atoms with van der Waals surface area (Å²) in [6.45, 7) is 2.35. The zero-order chi connectivity index (χ0) is 17.2. The first-order chi connectivity index (χ1) is 11.7. The fraction of sp³-hybridized carbons (Fsp3) is 0.278. The van der Waals surface area contributed by atoms with Crippen LogP contribution in [0, 0.1) is 6.92 Å². The van der Waals surface area contributed by atoms with E-state index >= 15 is 0 Å². The summed E-state index contributed by atoms with van der Waals surface area (Å²) in [5.41, 5.74) is 5.85. The molecular formula is C18H22N2O4. The predicted octanol–water partition coefficient (Wildman–Crippen LogP) is 3.41. The smallest absolute Gasteiger partial charge is 0.188 e. The number of nitrogens with zero attached hydrogens (tertiary/aromatic N) is 1. The molecule has 0 spiro atoms. The Labute approximate surface area is 142 Å². The lowest BCUT2D eigenvalue weighted by Gasteiger charge is -2.11. The van der Waals surface area contributed by atoms with Crippen molar-refractivity contribution in [1.29, 1.82) is 0 Å². The molecule has 6 heteroatoms. The first-order valence-corrected chi connectivity index (χ1v) is 7.47. The second-order valence-corrected chi connectivity index (χ2v) is 4.99. The van der Waals surface area contributed by atoms with Crippen molar-refractivity contribution < 1.29 is 18.9 Å². The van der Waals surface area contributed by atoms with E-state index in [0.717, 1.165) is 16.8 Å². The number of hydrogen-bond acceptors (Lipinski definition) is 6. The molecule has 0 atom stereocenters. The highest BCUT2D eigenvalue weighted by Crippen LogP contribution is 2.23. The molecule has 0 saturated carbocycles. The Bertz CT molecular complexity index is 674. The molecule has 6 nitrogen and oxygen atoms in total. The van der Waals surface area contributed by atoms with Crippen molar-refractivity contribution in [3.8, 4) is 11.5 Å². The third kappa shape index (κ3) is 5.26. The van der Waals surface area contributed by atoms with Crippen molar-refractivity contribution in [3.63, 3.8) is 0 Å². The molecule has 0 fully saturated rings. The molecule has 0 amide bonds. The Kier molecular flexibility index (Phi) is 7.07. The van der Waals surface area contributed by atoms with E-state index in [1.54, 1.807) is 32.6 Å². The number of hydrogen-bond donors (Lipinski definition) is 1. The van der Waals surface area contributed by atoms with E-state index in [4.69, 9.17) is 18.9 Å². The van der Waals surface area contributed by atoms with Gasteiger partial charge in [0.05, 0.1) is 11.9 Å². The van der Waals surface area contributed by atoms with Crippen LogP contribution in [0.2, 0.25) is 0 Å². The molecule has 0 aliphatic carbocycles. The third-order valence-corrected chi connectivity index (χ3v) is 3.19. The van der Waals surface area contributed by atoms with E-state index in [0.29, 0.717) is 11.5 Å². The minimum atomic E-state index is 0.157. The highest BCUT2D eigenvalue weighted by Gasteiger charge is 2.05. The minimum Gasteiger partial charge on any atom is -0.468 e. The summed E-state index contributed by atoms with van der Waals surface area (Å²) in [6.07, 6.45) is 1.68. The van der Waals surface area contributed by atoms with Crippen molar-refractivity contribution in [2.75, 3.05) is 33.2 Å². The van der Waals surface area contributed by atoms with Crippen LogP contribution in [0.5, 0.6) is 11.5 Å². The van der Waals surface area contributed by atoms with E-state index in [-0.39, 0.29) is 13.6 Å². The van der Waals surface area contributed by atoms with Gasteiger partial charge in [-0.3, -0.25) is 5.43 Å². The summed E-state index contributed by atoms with van der Waals surface area (Å²) in [5, 5.41) is 4.28. The van der Waals surface area contributed by atoms with Gasteiger partial charge in [0, 0.05) is 19.8 Å². The summed E-state index contributed by atoms with van der Waals surface area (Å²) in [7, 11) is 3.15. The number of aryl methyl sites for hydroxylation is 1. The highest BCUT2D eigenvalue weighted by molar-refractivity contribution is 5.84. The van der Waals surface area contributed by atoms with Crippen molar-refractivity contribution >= 4 is 11.9 Å². The van der Waals surface area contributed by atoms with Crippen LogP contribution in [0.3, 0.4) is 0 Å². The van der Waals surface area contributed by atoms with E-state index in [9.17, 15) is 0 Å². The number of anilines is 1. The summed E-state index contributed by atoms with van der Waals surface area (Å²) >= 11 is 0. The maximum absolute atomic E-state index is 5.54. The molecule has 2 rings (SSSR count). The number of ether oxygens (including phenoxy) is 4. The van der Waals surface area contributed by atoms with Gasteiger partial charge in [-0.15, -0.1) is 0 Å². The summed E-state index contributed by atoms with van der Waals surface area (Å²) in [4.78, 5) is 0. The van der Waals surface area contributed by atoms with Crippen LogP contribution >= 0.6 is 0 Å². The van der Waals surface area contributed by atoms with Gasteiger partial charge in [-0.1, -0.05) is 18.2 Å². The number of para-hydroxylation sites is 1. The maximum Gasteiger partial charge on any atom is 0.188 e. The van der Waals surface area contributed by atoms with Crippen LogP contribution in [0.1, 0.15) is 11.1 Å². The second kappa shape index (κ2) is 9.54. The molecule has 0 unspecified atom stereocenters. The molecular weight excluding hydrogens is 308 g/mol. The van der Waals surface area contributed by atoms with Gasteiger partial charge in [0.15, 0.2) is 13.6 Å². The molecule has 24 heavy (non-hydrogen) atoms. The maximum atomic E-state index is 5.54. The van der Waals surface area contributed by atoms with Gasteiger partial charge in [-0.05, 0) is 36.8 Å². The Hall–Kier alpha value is -2.57. The zero-order valence-corrected chi connectivity index (χ0v) is 14.1. The molecule has 0 saturated heterocycles. The van der Waals surface area contributed by atoms with Gasteiger partial charge in [0.25, 0.3) is 0 Å². The van der Waals surface area contributed by atoms with Gasteiger partial charge in [-0.2, -0.15) is 5.10 Å². The van der Waals surface area contributed by atoms with Gasteiger partial charge in [0.2, 0.25) is 0 Å². The summed E-state index contributed by atoms with van der Waals surface area (Å²) < 4.78 is 20.9. The van der Waals surface area contributed by atoms with Gasteiger partial charge < -0.3 is 18.9 Å². The van der Waals surface area contributed by atoms with E-state index in [2.05, 4.69) is 10.5 Å². The zero-order valence-electron chi connectivity index (χ0n) is 14.1. The van der Waals surface area contributed by atoms with Crippen LogP contribution in [0.25, 0.3) is 0 Å². The normalized spacial score (nSPS) is 10.8. The topological polar surface area (TPSA) is 61.3 Å². The quantitative estimate of drug-likeness (QED) is 0.434. The number of nitrogens with one attached hydrogen (secondary N) is 1. The van der Waals surface area contributed by atoms with Gasteiger partial charge in [0.1, 0.15) is 11.5 Å². The summed E-state index contributed by atoms with van der Waals surface area (Å²) in [5.74, 6) is 1.32. The molecule has 1 N–H and O–H groups in total. The van der Waals surface area contributed by atoms with E-state index < -0.39 is 0 Å². The number of rotatable bonds is 9. The molecule has 0 aliphatic heterocycles. The standard InChI is InChI=1S/C18H22N2O4/c1-14-6-4-5-7-17(14)20-19-11-15-10-16(23-12-21-2)8-9-18(15)24-13-22-3/h4-11,20H,12-13H2,1-3H3/b19-11+. The van der Waals surface area contributed by atoms with Crippen molar-refractivity contribution in [2.24, 2.45) is 5.10 Å². The molecule has 0 radical (unpaired) electrons. The third-order valence-electron chi connectivity index (χ3n) is 3.19. The van der Waals surface area contributed by atoms with Crippen LogP contribution in [-0.4, -0.2) is 34.0 Å². The molecule has 0 heterocycles. The van der Waals surface area contributed by atoms with Crippen molar-refractivity contribution in [3.05, 3.63) is 53.6 Å². The molecule has 128 valence electrons. The fourth-order valence-corrected chi connectivity index (χ4v) is 1.97. The molecule has 0 bridgehead atoms. The molecule has 2 aromatic carbocycles. The van der Waals surface area contributed by atoms with Gasteiger partial charge in [-0.25, -0.2) is 0 Å². The monoisotopic (exact) mass is 330 g/mol. The first kappa shape index (κ1) is 17.8. The Morgan fingerprint density at radius 2 is 1.75 bits per heavy atom. The predicted molar refractivity (Wildman–Crippen MR) is 93.8 cm³/mol. The lowest BCUT2D eigenvalue weighted by atomic mass is 10.2. The number of benzene rings is 2. The highest BCUT2D eigenvalue weighted by atomic mass is 16.7. The molecule has 2 aromatic rings. The van der Waals surface area contributed by atoms with Crippen LogP contribution in [0.15, 0.2) is 47.6 Å². The average Bonchev–Trinajstić information content (AvgIpc) is 2.60. The molecule has 0 aromatic heterocycles. The first-order valence-electron chi connectivity index (χ1n) is 7.47. The summed E-state index contributed by atoms with van der Waals surface area (Å²) in [6, 6.07) is 13.4. The number of hydrazone groups is 1. The lowest BCUT2D eigenvalue weighted by molar-refractivity contribution is 0.0483. The van der Waals surface area contributed by atoms with Crippen LogP contribution in [0.4, 0.5) is 5.69 Å². The largest absolute Gasteiger partial charge is 0.468 e. The second-order valence-electron chi connectivity index (χ2n) is 4.99. The van der Waals surface area contributed by atoms with E-state index in [1.165, 1.54) is 0 Å². The van der Waals surface area contributed by atoms with Crippen molar-refractivity contribution in [2.45, 2.75) is 6.92 Å².